The number of halogens is 1. The van der Waals surface area contributed by atoms with Crippen molar-refractivity contribution in [2.45, 2.75) is 76.9 Å². The molecular weight excluding hydrogens is 517 g/mol. The SMILES string of the molecule is CC(C)(C)OC(=O)NC[C@@H]1CN(S(=O)(=O)NC(=O)c2cc(C3CC3)c(OCC3CCCC3)cc2F)CCO1. The molecule has 2 aliphatic carbocycles. The van der Waals surface area contributed by atoms with E-state index >= 15 is 4.39 Å². The van der Waals surface area contributed by atoms with Crippen LogP contribution in [0.4, 0.5) is 9.18 Å². The summed E-state index contributed by atoms with van der Waals surface area (Å²) in [7, 11) is -4.28. The lowest BCUT2D eigenvalue weighted by atomic mass is 10.0. The minimum Gasteiger partial charge on any atom is -0.493 e. The number of rotatable bonds is 9. The number of benzene rings is 1. The van der Waals surface area contributed by atoms with Crippen molar-refractivity contribution in [2.75, 3.05) is 32.8 Å². The molecule has 1 aliphatic heterocycles. The van der Waals surface area contributed by atoms with E-state index < -0.39 is 39.7 Å². The quantitative estimate of drug-likeness (QED) is 0.478. The minimum absolute atomic E-state index is 0.00923. The molecule has 10 nitrogen and oxygen atoms in total. The smallest absolute Gasteiger partial charge is 0.407 e. The fourth-order valence-electron chi connectivity index (χ4n) is 4.75. The lowest BCUT2D eigenvalue weighted by Crippen LogP contribution is -2.53. The standard InChI is InChI=1S/C26H38FN3O7S/c1-26(2,3)37-25(32)28-14-19-15-30(10-11-35-19)38(33,34)29-24(31)21-12-20(18-8-9-18)23(13-22(21)27)36-16-17-6-4-5-7-17/h12-13,17-19H,4-11,14-16H2,1-3H3,(H,28,32)(H,29,31)/t19-/m1/s1. The van der Waals surface area contributed by atoms with Crippen LogP contribution in [0.2, 0.25) is 0 Å². The zero-order valence-corrected chi connectivity index (χ0v) is 23.1. The molecule has 0 bridgehead atoms. The summed E-state index contributed by atoms with van der Waals surface area (Å²) in [6.07, 6.45) is 5.09. The Morgan fingerprint density at radius 1 is 1.16 bits per heavy atom. The van der Waals surface area contributed by atoms with Crippen LogP contribution in [-0.2, 0) is 19.7 Å². The second kappa shape index (κ2) is 11.7. The van der Waals surface area contributed by atoms with Gasteiger partial charge in [-0.15, -0.1) is 0 Å². The lowest BCUT2D eigenvalue weighted by Gasteiger charge is -2.32. The van der Waals surface area contributed by atoms with Gasteiger partial charge < -0.3 is 19.5 Å². The Morgan fingerprint density at radius 3 is 2.53 bits per heavy atom. The van der Waals surface area contributed by atoms with Crippen molar-refractivity contribution in [3.63, 3.8) is 0 Å². The Hall–Kier alpha value is -2.44. The summed E-state index contributed by atoms with van der Waals surface area (Å²) in [5.41, 5.74) is -0.266. The van der Waals surface area contributed by atoms with Crippen molar-refractivity contribution in [1.82, 2.24) is 14.3 Å². The number of nitrogens with one attached hydrogen (secondary N) is 2. The summed E-state index contributed by atoms with van der Waals surface area (Å²) >= 11 is 0. The first kappa shape index (κ1) is 28.6. The summed E-state index contributed by atoms with van der Waals surface area (Å²) in [6, 6.07) is 2.63. The maximum absolute atomic E-state index is 15.0. The zero-order valence-electron chi connectivity index (χ0n) is 22.3. The van der Waals surface area contributed by atoms with E-state index in [1.54, 1.807) is 20.8 Å². The summed E-state index contributed by atoms with van der Waals surface area (Å²) in [4.78, 5) is 24.8. The van der Waals surface area contributed by atoms with E-state index in [-0.39, 0.29) is 37.7 Å². The lowest BCUT2D eigenvalue weighted by molar-refractivity contribution is -0.00384. The molecule has 1 heterocycles. The number of carbonyl (C=O) groups is 2. The molecule has 1 aromatic carbocycles. The highest BCUT2D eigenvalue weighted by molar-refractivity contribution is 7.87. The summed E-state index contributed by atoms with van der Waals surface area (Å²) in [5, 5.41) is 2.55. The third kappa shape index (κ3) is 7.79. The predicted molar refractivity (Wildman–Crippen MR) is 138 cm³/mol. The van der Waals surface area contributed by atoms with Gasteiger partial charge in [-0.2, -0.15) is 12.7 Å². The molecule has 4 rings (SSSR count). The van der Waals surface area contributed by atoms with Crippen LogP contribution in [0.15, 0.2) is 12.1 Å². The monoisotopic (exact) mass is 555 g/mol. The first-order valence-electron chi connectivity index (χ1n) is 13.3. The van der Waals surface area contributed by atoms with Gasteiger partial charge in [-0.3, -0.25) is 4.79 Å². The van der Waals surface area contributed by atoms with Crippen molar-refractivity contribution in [1.29, 1.82) is 0 Å². The molecule has 1 atom stereocenters. The molecule has 212 valence electrons. The van der Waals surface area contributed by atoms with Crippen LogP contribution in [-0.4, -0.2) is 69.3 Å². The van der Waals surface area contributed by atoms with Gasteiger partial charge in [-0.05, 0) is 69.9 Å². The molecule has 38 heavy (non-hydrogen) atoms. The summed E-state index contributed by atoms with van der Waals surface area (Å²) in [5.74, 6) is -0.804. The number of nitrogens with zero attached hydrogens (tertiary/aromatic N) is 1. The van der Waals surface area contributed by atoms with Crippen molar-refractivity contribution in [3.8, 4) is 5.75 Å². The highest BCUT2D eigenvalue weighted by Crippen LogP contribution is 2.45. The van der Waals surface area contributed by atoms with E-state index in [0.29, 0.717) is 18.3 Å². The van der Waals surface area contributed by atoms with Crippen molar-refractivity contribution in [3.05, 3.63) is 29.1 Å². The molecule has 3 fully saturated rings. The van der Waals surface area contributed by atoms with Crippen LogP contribution in [0.25, 0.3) is 0 Å². The fraction of sp³-hybridized carbons (Fsp3) is 0.692. The molecule has 1 aromatic rings. The summed E-state index contributed by atoms with van der Waals surface area (Å²) < 4.78 is 60.7. The van der Waals surface area contributed by atoms with E-state index in [2.05, 4.69) is 5.32 Å². The highest BCUT2D eigenvalue weighted by atomic mass is 32.2. The highest BCUT2D eigenvalue weighted by Gasteiger charge is 2.34. The van der Waals surface area contributed by atoms with Crippen molar-refractivity contribution >= 4 is 22.2 Å². The molecule has 0 aromatic heterocycles. The number of hydrogen-bond acceptors (Lipinski definition) is 7. The number of alkyl carbamates (subject to hydrolysis) is 1. The predicted octanol–water partition coefficient (Wildman–Crippen LogP) is 3.47. The average Bonchev–Trinajstić information content (AvgIpc) is 3.54. The number of hydrogen-bond donors (Lipinski definition) is 2. The second-order valence-electron chi connectivity index (χ2n) is 11.3. The Balaban J connectivity index is 1.38. The number of ether oxygens (including phenoxy) is 3. The average molecular weight is 556 g/mol. The maximum atomic E-state index is 15.0. The molecule has 2 amide bonds. The first-order chi connectivity index (χ1) is 17.9. The summed E-state index contributed by atoms with van der Waals surface area (Å²) in [6.45, 7) is 5.72. The van der Waals surface area contributed by atoms with Crippen LogP contribution in [0.3, 0.4) is 0 Å². The van der Waals surface area contributed by atoms with Crippen LogP contribution in [0.1, 0.15) is 81.1 Å². The normalized spacial score (nSPS) is 21.2. The molecule has 2 N–H and O–H groups in total. The molecule has 0 spiro atoms. The van der Waals surface area contributed by atoms with E-state index in [4.69, 9.17) is 14.2 Å². The number of morpholine rings is 1. The van der Waals surface area contributed by atoms with Crippen molar-refractivity contribution in [2.24, 2.45) is 5.92 Å². The first-order valence-corrected chi connectivity index (χ1v) is 14.7. The van der Waals surface area contributed by atoms with Gasteiger partial charge in [0.15, 0.2) is 0 Å². The van der Waals surface area contributed by atoms with Crippen LogP contribution in [0.5, 0.6) is 5.75 Å². The topological polar surface area (TPSA) is 123 Å². The van der Waals surface area contributed by atoms with Gasteiger partial charge in [0.2, 0.25) is 0 Å². The van der Waals surface area contributed by atoms with Gasteiger partial charge in [0.05, 0.1) is 24.9 Å². The fourth-order valence-corrected chi connectivity index (χ4v) is 5.90. The van der Waals surface area contributed by atoms with Gasteiger partial charge in [-0.1, -0.05) is 12.8 Å². The van der Waals surface area contributed by atoms with Gasteiger partial charge in [0, 0.05) is 25.7 Å². The van der Waals surface area contributed by atoms with E-state index in [0.717, 1.165) is 35.6 Å². The van der Waals surface area contributed by atoms with Crippen LogP contribution >= 0.6 is 0 Å². The Kier molecular flexibility index (Phi) is 8.83. The van der Waals surface area contributed by atoms with Gasteiger partial charge >= 0.3 is 16.3 Å². The molecule has 0 unspecified atom stereocenters. The molecular formula is C26H38FN3O7S. The van der Waals surface area contributed by atoms with E-state index in [1.807, 2.05) is 4.72 Å². The van der Waals surface area contributed by atoms with Gasteiger partial charge in [-0.25, -0.2) is 13.9 Å². The zero-order chi connectivity index (χ0) is 27.5. The molecule has 12 heteroatoms. The molecule has 0 radical (unpaired) electrons. The number of carbonyl (C=O) groups excluding carboxylic acids is 2. The van der Waals surface area contributed by atoms with Crippen LogP contribution in [0, 0.1) is 11.7 Å². The Labute approximate surface area is 223 Å². The Morgan fingerprint density at radius 2 is 1.87 bits per heavy atom. The van der Waals surface area contributed by atoms with Crippen molar-refractivity contribution < 1.29 is 36.6 Å². The minimum atomic E-state index is -4.28. The Bertz CT molecular complexity index is 1130. The maximum Gasteiger partial charge on any atom is 0.407 e. The van der Waals surface area contributed by atoms with E-state index in [1.165, 1.54) is 25.0 Å². The third-order valence-corrected chi connectivity index (χ3v) is 8.30. The number of amides is 2. The second-order valence-corrected chi connectivity index (χ2v) is 12.9. The van der Waals surface area contributed by atoms with Gasteiger partial charge in [0.1, 0.15) is 17.2 Å². The van der Waals surface area contributed by atoms with Crippen LogP contribution < -0.4 is 14.8 Å². The largest absolute Gasteiger partial charge is 0.493 e. The molecule has 2 saturated carbocycles. The van der Waals surface area contributed by atoms with E-state index in [9.17, 15) is 18.0 Å². The van der Waals surface area contributed by atoms with Gasteiger partial charge in [0.25, 0.3) is 5.91 Å². The molecule has 1 saturated heterocycles. The molecule has 3 aliphatic rings. The third-order valence-electron chi connectivity index (χ3n) is 6.85.